The molecule has 1 amide bonds. The number of rotatable bonds is 6. The molecule has 2 rings (SSSR count). The zero-order valence-electron chi connectivity index (χ0n) is 11.5. The van der Waals surface area contributed by atoms with E-state index >= 15 is 0 Å². The Morgan fingerprint density at radius 2 is 1.89 bits per heavy atom. The third kappa shape index (κ3) is 4.20. The summed E-state index contributed by atoms with van der Waals surface area (Å²) in [6.45, 7) is 3.50. The predicted molar refractivity (Wildman–Crippen MR) is 69.7 cm³/mol. The average Bonchev–Trinajstić information content (AvgIpc) is 3.20. The van der Waals surface area contributed by atoms with Gasteiger partial charge in [-0.3, -0.25) is 9.59 Å². The summed E-state index contributed by atoms with van der Waals surface area (Å²) in [5.41, 5.74) is 0. The van der Waals surface area contributed by atoms with Gasteiger partial charge in [-0.1, -0.05) is 6.92 Å². The highest BCUT2D eigenvalue weighted by molar-refractivity contribution is 5.78. The first-order valence-electron chi connectivity index (χ1n) is 7.18. The first-order chi connectivity index (χ1) is 9.08. The zero-order valence-corrected chi connectivity index (χ0v) is 11.5. The Bertz CT molecular complexity index is 334. The van der Waals surface area contributed by atoms with Crippen LogP contribution in [0.15, 0.2) is 0 Å². The molecule has 0 aromatic carbocycles. The van der Waals surface area contributed by atoms with Crippen LogP contribution in [0.3, 0.4) is 0 Å². The lowest BCUT2D eigenvalue weighted by Gasteiger charge is -2.28. The molecule has 1 aliphatic heterocycles. The van der Waals surface area contributed by atoms with Gasteiger partial charge >= 0.3 is 5.97 Å². The molecule has 2 fully saturated rings. The van der Waals surface area contributed by atoms with E-state index < -0.39 is 11.9 Å². The highest BCUT2D eigenvalue weighted by Gasteiger charge is 2.35. The van der Waals surface area contributed by atoms with Crippen LogP contribution in [0.2, 0.25) is 0 Å². The van der Waals surface area contributed by atoms with Gasteiger partial charge in [0.25, 0.3) is 0 Å². The Balaban J connectivity index is 1.86. The Morgan fingerprint density at radius 1 is 1.26 bits per heavy atom. The van der Waals surface area contributed by atoms with Gasteiger partial charge in [0.2, 0.25) is 5.91 Å². The second kappa shape index (κ2) is 6.37. The molecule has 0 aromatic rings. The number of aliphatic carboxylic acids is 1. The molecule has 0 radical (unpaired) electrons. The molecule has 108 valence electrons. The zero-order chi connectivity index (χ0) is 13.8. The largest absolute Gasteiger partial charge is 0.481 e. The minimum atomic E-state index is -0.829. The maximum Gasteiger partial charge on any atom is 0.308 e. The van der Waals surface area contributed by atoms with Gasteiger partial charge in [-0.15, -0.1) is 0 Å². The molecule has 0 spiro atoms. The summed E-state index contributed by atoms with van der Waals surface area (Å²) in [4.78, 5) is 25.1. The molecule has 19 heavy (non-hydrogen) atoms. The Labute approximate surface area is 113 Å². The van der Waals surface area contributed by atoms with Crippen LogP contribution in [0.5, 0.6) is 0 Å². The van der Waals surface area contributed by atoms with Crippen molar-refractivity contribution in [1.82, 2.24) is 4.90 Å². The standard InChI is InChI=1S/C14H23NO4/c1-10(14(17)18)9-15(12-2-3-12)13(16)8-11-4-6-19-7-5-11/h10-12H,2-9H2,1H3,(H,17,18). The van der Waals surface area contributed by atoms with Crippen molar-refractivity contribution in [2.75, 3.05) is 19.8 Å². The number of amides is 1. The van der Waals surface area contributed by atoms with Gasteiger partial charge in [0.1, 0.15) is 0 Å². The van der Waals surface area contributed by atoms with Crippen molar-refractivity contribution in [3.8, 4) is 0 Å². The molecular weight excluding hydrogens is 246 g/mol. The van der Waals surface area contributed by atoms with E-state index in [1.54, 1.807) is 11.8 Å². The lowest BCUT2D eigenvalue weighted by Crippen LogP contribution is -2.39. The highest BCUT2D eigenvalue weighted by atomic mass is 16.5. The van der Waals surface area contributed by atoms with Crippen LogP contribution in [0, 0.1) is 11.8 Å². The van der Waals surface area contributed by atoms with E-state index in [1.807, 2.05) is 0 Å². The molecule has 1 aliphatic carbocycles. The molecule has 0 aromatic heterocycles. The van der Waals surface area contributed by atoms with Gasteiger partial charge in [0, 0.05) is 32.2 Å². The lowest BCUT2D eigenvalue weighted by atomic mass is 9.95. The van der Waals surface area contributed by atoms with Crippen LogP contribution in [0.25, 0.3) is 0 Å². The van der Waals surface area contributed by atoms with Crippen molar-refractivity contribution >= 4 is 11.9 Å². The van der Waals surface area contributed by atoms with Crippen LogP contribution >= 0.6 is 0 Å². The van der Waals surface area contributed by atoms with Gasteiger partial charge in [-0.05, 0) is 31.6 Å². The van der Waals surface area contributed by atoms with Crippen molar-refractivity contribution in [3.63, 3.8) is 0 Å². The second-order valence-electron chi connectivity index (χ2n) is 5.78. The summed E-state index contributed by atoms with van der Waals surface area (Å²) in [6.07, 6.45) is 4.47. The van der Waals surface area contributed by atoms with E-state index in [-0.39, 0.29) is 11.9 Å². The summed E-state index contributed by atoms with van der Waals surface area (Å²) < 4.78 is 5.29. The van der Waals surface area contributed by atoms with E-state index in [2.05, 4.69) is 0 Å². The number of hydrogen-bond donors (Lipinski definition) is 1. The van der Waals surface area contributed by atoms with Crippen molar-refractivity contribution in [2.24, 2.45) is 11.8 Å². The number of nitrogens with zero attached hydrogens (tertiary/aromatic N) is 1. The van der Waals surface area contributed by atoms with Gasteiger partial charge in [-0.2, -0.15) is 0 Å². The smallest absolute Gasteiger partial charge is 0.308 e. The Hall–Kier alpha value is -1.10. The molecule has 1 saturated heterocycles. The van der Waals surface area contributed by atoms with Gasteiger partial charge in [-0.25, -0.2) is 0 Å². The lowest BCUT2D eigenvalue weighted by molar-refractivity contribution is -0.143. The maximum absolute atomic E-state index is 12.3. The SMILES string of the molecule is CC(CN(C(=O)CC1CCOCC1)C1CC1)C(=O)O. The van der Waals surface area contributed by atoms with Crippen LogP contribution < -0.4 is 0 Å². The first kappa shape index (κ1) is 14.3. The van der Waals surface area contributed by atoms with E-state index in [0.717, 1.165) is 38.9 Å². The molecule has 5 heteroatoms. The Morgan fingerprint density at radius 3 is 2.42 bits per heavy atom. The van der Waals surface area contributed by atoms with E-state index in [0.29, 0.717) is 18.9 Å². The van der Waals surface area contributed by atoms with Crippen LogP contribution in [-0.4, -0.2) is 47.7 Å². The topological polar surface area (TPSA) is 66.8 Å². The molecule has 1 saturated carbocycles. The number of hydrogen-bond acceptors (Lipinski definition) is 3. The first-order valence-corrected chi connectivity index (χ1v) is 7.18. The van der Waals surface area contributed by atoms with Gasteiger partial charge in [0.15, 0.2) is 0 Å². The van der Waals surface area contributed by atoms with E-state index in [1.165, 1.54) is 0 Å². The van der Waals surface area contributed by atoms with Crippen LogP contribution in [0.1, 0.15) is 39.0 Å². The maximum atomic E-state index is 12.3. The monoisotopic (exact) mass is 269 g/mol. The van der Waals surface area contributed by atoms with Gasteiger partial charge < -0.3 is 14.7 Å². The third-order valence-electron chi connectivity index (χ3n) is 4.00. The van der Waals surface area contributed by atoms with Crippen LogP contribution in [0.4, 0.5) is 0 Å². The summed E-state index contributed by atoms with van der Waals surface area (Å²) in [7, 11) is 0. The summed E-state index contributed by atoms with van der Waals surface area (Å²) in [5.74, 6) is -0.783. The number of carboxylic acid groups (broad SMARTS) is 1. The summed E-state index contributed by atoms with van der Waals surface area (Å²) in [5, 5.41) is 8.98. The molecule has 1 atom stereocenters. The molecule has 0 bridgehead atoms. The second-order valence-corrected chi connectivity index (χ2v) is 5.78. The van der Waals surface area contributed by atoms with E-state index in [9.17, 15) is 9.59 Å². The molecule has 1 N–H and O–H groups in total. The average molecular weight is 269 g/mol. The van der Waals surface area contributed by atoms with Crippen LogP contribution in [-0.2, 0) is 14.3 Å². The van der Waals surface area contributed by atoms with Crippen molar-refractivity contribution in [2.45, 2.75) is 45.1 Å². The van der Waals surface area contributed by atoms with Crippen molar-refractivity contribution in [3.05, 3.63) is 0 Å². The van der Waals surface area contributed by atoms with Gasteiger partial charge in [0.05, 0.1) is 5.92 Å². The number of ether oxygens (including phenoxy) is 1. The number of carbonyl (C=O) groups is 2. The fourth-order valence-electron chi connectivity index (χ4n) is 2.53. The highest BCUT2D eigenvalue weighted by Crippen LogP contribution is 2.30. The quantitative estimate of drug-likeness (QED) is 0.794. The minimum Gasteiger partial charge on any atom is -0.481 e. The number of carboxylic acids is 1. The molecular formula is C14H23NO4. The normalized spacial score (nSPS) is 21.9. The van der Waals surface area contributed by atoms with Crippen molar-refractivity contribution < 1.29 is 19.4 Å². The molecule has 5 nitrogen and oxygen atoms in total. The molecule has 1 unspecified atom stereocenters. The Kier molecular flexibility index (Phi) is 4.80. The third-order valence-corrected chi connectivity index (χ3v) is 4.00. The fraction of sp³-hybridized carbons (Fsp3) is 0.857. The molecule has 2 aliphatic rings. The molecule has 1 heterocycles. The van der Waals surface area contributed by atoms with Crippen molar-refractivity contribution in [1.29, 1.82) is 0 Å². The summed E-state index contributed by atoms with van der Waals surface area (Å²) in [6, 6.07) is 0.286. The minimum absolute atomic E-state index is 0.127. The van der Waals surface area contributed by atoms with E-state index in [4.69, 9.17) is 9.84 Å². The summed E-state index contributed by atoms with van der Waals surface area (Å²) >= 11 is 0. The predicted octanol–water partition coefficient (Wildman–Crippen LogP) is 1.51. The number of carbonyl (C=O) groups excluding carboxylic acids is 1. The fourth-order valence-corrected chi connectivity index (χ4v) is 2.53.